The molecule has 0 saturated heterocycles. The summed E-state index contributed by atoms with van der Waals surface area (Å²) in [7, 11) is -1.72. The fourth-order valence-corrected chi connectivity index (χ4v) is 4.05. The zero-order chi connectivity index (χ0) is 15.7. The van der Waals surface area contributed by atoms with Crippen molar-refractivity contribution >= 4 is 10.2 Å². The van der Waals surface area contributed by atoms with Crippen molar-refractivity contribution in [2.24, 2.45) is 7.05 Å². The molecular weight excluding hydrogens is 300 g/mol. The van der Waals surface area contributed by atoms with Gasteiger partial charge in [-0.1, -0.05) is 24.3 Å². The highest BCUT2D eigenvalue weighted by molar-refractivity contribution is 7.87. The van der Waals surface area contributed by atoms with Gasteiger partial charge in [0.25, 0.3) is 10.2 Å². The maximum Gasteiger partial charge on any atom is 0.280 e. The Morgan fingerprint density at radius 2 is 1.95 bits per heavy atom. The van der Waals surface area contributed by atoms with Crippen LogP contribution in [0, 0.1) is 0 Å². The van der Waals surface area contributed by atoms with Crippen LogP contribution in [0.3, 0.4) is 0 Å². The van der Waals surface area contributed by atoms with Crippen LogP contribution in [0.25, 0.3) is 0 Å². The largest absolute Gasteiger partial charge is 0.280 e. The van der Waals surface area contributed by atoms with Gasteiger partial charge in [0, 0.05) is 26.3 Å². The lowest BCUT2D eigenvalue weighted by atomic mass is 10.0. The maximum atomic E-state index is 12.6. The molecule has 1 N–H and O–H groups in total. The van der Waals surface area contributed by atoms with E-state index >= 15 is 0 Å². The number of aryl methyl sites for hydroxylation is 1. The second kappa shape index (κ2) is 5.83. The summed E-state index contributed by atoms with van der Waals surface area (Å²) >= 11 is 0. The number of hydrogen-bond donors (Lipinski definition) is 1. The van der Waals surface area contributed by atoms with Crippen molar-refractivity contribution in [2.45, 2.75) is 25.9 Å². The Morgan fingerprint density at radius 1 is 1.23 bits per heavy atom. The first-order valence-electron chi connectivity index (χ1n) is 7.29. The molecular formula is C15H20N4O2S. The van der Waals surface area contributed by atoms with E-state index < -0.39 is 10.2 Å². The molecule has 1 aromatic carbocycles. The van der Waals surface area contributed by atoms with Gasteiger partial charge >= 0.3 is 0 Å². The summed E-state index contributed by atoms with van der Waals surface area (Å²) in [5.74, 6) is 0. The Labute approximate surface area is 130 Å². The number of rotatable bonds is 4. The summed E-state index contributed by atoms with van der Waals surface area (Å²) in [4.78, 5) is 0. The van der Waals surface area contributed by atoms with Gasteiger partial charge in [-0.25, -0.2) is 0 Å². The quantitative estimate of drug-likeness (QED) is 0.925. The fraction of sp³-hybridized carbons (Fsp3) is 0.400. The summed E-state index contributed by atoms with van der Waals surface area (Å²) in [6.07, 6.45) is 2.55. The first kappa shape index (κ1) is 15.2. The van der Waals surface area contributed by atoms with Crippen molar-refractivity contribution < 1.29 is 8.42 Å². The molecule has 0 aliphatic carbocycles. The van der Waals surface area contributed by atoms with E-state index in [-0.39, 0.29) is 6.04 Å². The van der Waals surface area contributed by atoms with Crippen LogP contribution in [0.1, 0.15) is 29.8 Å². The molecule has 1 aliphatic rings. The molecule has 22 heavy (non-hydrogen) atoms. The standard InChI is InChI=1S/C15H20N4O2S/c1-12(15-8-9-18(2)16-15)17-22(20,21)19-10-7-13-5-3-4-6-14(13)11-19/h3-6,8-9,12,17H,7,10-11H2,1-2H3. The van der Waals surface area contributed by atoms with Crippen LogP contribution in [0.5, 0.6) is 0 Å². The van der Waals surface area contributed by atoms with Crippen LogP contribution < -0.4 is 4.72 Å². The highest BCUT2D eigenvalue weighted by atomic mass is 32.2. The predicted molar refractivity (Wildman–Crippen MR) is 84.2 cm³/mol. The van der Waals surface area contributed by atoms with E-state index in [1.807, 2.05) is 31.3 Å². The number of aromatic nitrogens is 2. The van der Waals surface area contributed by atoms with Gasteiger partial charge in [0.15, 0.2) is 0 Å². The molecule has 0 amide bonds. The van der Waals surface area contributed by atoms with Crippen molar-refractivity contribution in [3.8, 4) is 0 Å². The average molecular weight is 320 g/mol. The van der Waals surface area contributed by atoms with Gasteiger partial charge < -0.3 is 0 Å². The van der Waals surface area contributed by atoms with Gasteiger partial charge in [0.1, 0.15) is 0 Å². The number of fused-ring (bicyclic) bond motifs is 1. The minimum atomic E-state index is -3.53. The zero-order valence-electron chi connectivity index (χ0n) is 12.7. The van der Waals surface area contributed by atoms with E-state index in [4.69, 9.17) is 0 Å². The lowest BCUT2D eigenvalue weighted by Crippen LogP contribution is -2.44. The number of nitrogens with zero attached hydrogens (tertiary/aromatic N) is 3. The Hall–Kier alpha value is -1.70. The Morgan fingerprint density at radius 3 is 2.64 bits per heavy atom. The van der Waals surface area contributed by atoms with Crippen LogP contribution in [0.15, 0.2) is 36.5 Å². The lowest BCUT2D eigenvalue weighted by Gasteiger charge is -2.29. The van der Waals surface area contributed by atoms with Gasteiger partial charge in [0.05, 0.1) is 11.7 Å². The van der Waals surface area contributed by atoms with E-state index in [0.717, 1.165) is 12.0 Å². The topological polar surface area (TPSA) is 67.2 Å². The zero-order valence-corrected chi connectivity index (χ0v) is 13.5. The first-order chi connectivity index (χ1) is 10.5. The molecule has 0 bridgehead atoms. The second-order valence-electron chi connectivity index (χ2n) is 5.61. The van der Waals surface area contributed by atoms with Crippen LogP contribution in [-0.2, 0) is 30.2 Å². The normalized spacial score (nSPS) is 17.2. The van der Waals surface area contributed by atoms with Crippen LogP contribution in [-0.4, -0.2) is 29.0 Å². The van der Waals surface area contributed by atoms with Crippen LogP contribution >= 0.6 is 0 Å². The van der Waals surface area contributed by atoms with Crippen molar-refractivity contribution in [1.29, 1.82) is 0 Å². The molecule has 118 valence electrons. The van der Waals surface area contributed by atoms with Gasteiger partial charge in [-0.05, 0) is 30.5 Å². The first-order valence-corrected chi connectivity index (χ1v) is 8.73. The SMILES string of the molecule is CC(NS(=O)(=O)N1CCc2ccccc2C1)c1ccn(C)n1. The molecule has 2 heterocycles. The number of benzene rings is 1. The maximum absolute atomic E-state index is 12.6. The smallest absolute Gasteiger partial charge is 0.275 e. The summed E-state index contributed by atoms with van der Waals surface area (Å²) in [5.41, 5.74) is 3.01. The molecule has 2 aromatic rings. The highest BCUT2D eigenvalue weighted by Gasteiger charge is 2.28. The Balaban J connectivity index is 1.74. The summed E-state index contributed by atoms with van der Waals surface area (Å²) < 4.78 is 31.0. The van der Waals surface area contributed by atoms with Crippen LogP contribution in [0.4, 0.5) is 0 Å². The Bertz CT molecular complexity index is 769. The van der Waals surface area contributed by atoms with Gasteiger partial charge in [-0.15, -0.1) is 0 Å². The lowest BCUT2D eigenvalue weighted by molar-refractivity contribution is 0.379. The minimum Gasteiger partial charge on any atom is -0.275 e. The second-order valence-corrected chi connectivity index (χ2v) is 7.31. The van der Waals surface area contributed by atoms with Gasteiger partial charge in [-0.2, -0.15) is 22.5 Å². The third-order valence-corrected chi connectivity index (χ3v) is 5.58. The van der Waals surface area contributed by atoms with E-state index in [1.54, 1.807) is 17.8 Å². The summed E-state index contributed by atoms with van der Waals surface area (Å²) in [6.45, 7) is 2.72. The fourth-order valence-electron chi connectivity index (χ4n) is 2.70. The van der Waals surface area contributed by atoms with Crippen molar-refractivity contribution in [2.75, 3.05) is 6.54 Å². The predicted octanol–water partition coefficient (Wildman–Crippen LogP) is 1.37. The van der Waals surface area contributed by atoms with Gasteiger partial charge in [0.2, 0.25) is 0 Å². The molecule has 0 spiro atoms. The molecule has 1 aromatic heterocycles. The molecule has 7 heteroatoms. The molecule has 1 unspecified atom stereocenters. The molecule has 0 saturated carbocycles. The van der Waals surface area contributed by atoms with E-state index in [1.165, 1.54) is 9.87 Å². The van der Waals surface area contributed by atoms with Crippen molar-refractivity contribution in [3.05, 3.63) is 53.3 Å². The molecule has 3 rings (SSSR count). The molecule has 6 nitrogen and oxygen atoms in total. The molecule has 1 atom stereocenters. The van der Waals surface area contributed by atoms with Crippen molar-refractivity contribution in [3.63, 3.8) is 0 Å². The molecule has 0 fully saturated rings. The highest BCUT2D eigenvalue weighted by Crippen LogP contribution is 2.21. The number of nitrogens with one attached hydrogen (secondary N) is 1. The Kier molecular flexibility index (Phi) is 4.03. The average Bonchev–Trinajstić information content (AvgIpc) is 2.93. The van der Waals surface area contributed by atoms with Crippen molar-refractivity contribution in [1.82, 2.24) is 18.8 Å². The molecule has 1 aliphatic heterocycles. The van der Waals surface area contributed by atoms with E-state index in [0.29, 0.717) is 18.8 Å². The third kappa shape index (κ3) is 3.06. The van der Waals surface area contributed by atoms with Gasteiger partial charge in [-0.3, -0.25) is 4.68 Å². The summed E-state index contributed by atoms with van der Waals surface area (Å²) in [5, 5.41) is 4.25. The monoisotopic (exact) mass is 320 g/mol. The van der Waals surface area contributed by atoms with Crippen LogP contribution in [0.2, 0.25) is 0 Å². The minimum absolute atomic E-state index is 0.358. The third-order valence-electron chi connectivity index (χ3n) is 3.94. The van der Waals surface area contributed by atoms with E-state index in [2.05, 4.69) is 15.9 Å². The molecule has 0 radical (unpaired) electrons. The number of hydrogen-bond acceptors (Lipinski definition) is 3. The summed E-state index contributed by atoms with van der Waals surface area (Å²) in [6, 6.07) is 9.44. The van der Waals surface area contributed by atoms with E-state index in [9.17, 15) is 8.42 Å².